The van der Waals surface area contributed by atoms with Crippen molar-refractivity contribution in [3.8, 4) is 0 Å². The lowest BCUT2D eigenvalue weighted by molar-refractivity contribution is -0.130. The van der Waals surface area contributed by atoms with E-state index in [1.807, 2.05) is 18.5 Å². The van der Waals surface area contributed by atoms with Gasteiger partial charge < -0.3 is 20.1 Å². The molecule has 0 aromatic carbocycles. The minimum absolute atomic E-state index is 0.178. The predicted octanol–water partition coefficient (Wildman–Crippen LogP) is 1.71. The summed E-state index contributed by atoms with van der Waals surface area (Å²) in [7, 11) is 0. The van der Waals surface area contributed by atoms with Crippen LogP contribution in [0.1, 0.15) is 19.3 Å². The summed E-state index contributed by atoms with van der Waals surface area (Å²) in [6.07, 6.45) is 8.75. The third-order valence-electron chi connectivity index (χ3n) is 5.57. The van der Waals surface area contributed by atoms with Crippen LogP contribution < -0.4 is 10.2 Å². The fourth-order valence-corrected chi connectivity index (χ4v) is 5.28. The summed E-state index contributed by atoms with van der Waals surface area (Å²) in [6.45, 7) is 2.73. The van der Waals surface area contributed by atoms with Gasteiger partial charge in [0, 0.05) is 43.3 Å². The second-order valence-corrected chi connectivity index (χ2v) is 8.17. The molecule has 0 saturated carbocycles. The SMILES string of the molecule is O=C(C1=CN(c2ncnc3[nH]ccc23)CCS1)N1CCCC2NCC[C@H]21. The van der Waals surface area contributed by atoms with Gasteiger partial charge in [0.2, 0.25) is 0 Å². The molecule has 2 aromatic rings. The summed E-state index contributed by atoms with van der Waals surface area (Å²) in [5, 5.41) is 4.53. The summed E-state index contributed by atoms with van der Waals surface area (Å²) in [5.41, 5.74) is 0.824. The van der Waals surface area contributed by atoms with Crippen LogP contribution in [0.25, 0.3) is 11.0 Å². The molecule has 8 heteroatoms. The van der Waals surface area contributed by atoms with Crippen molar-refractivity contribution in [3.05, 3.63) is 29.7 Å². The maximum absolute atomic E-state index is 13.2. The molecule has 2 fully saturated rings. The summed E-state index contributed by atoms with van der Waals surface area (Å²) in [5.74, 6) is 1.92. The topological polar surface area (TPSA) is 77.2 Å². The van der Waals surface area contributed by atoms with Crippen LogP contribution in [0, 0.1) is 0 Å². The lowest BCUT2D eigenvalue weighted by atomic mass is 9.97. The Balaban J connectivity index is 1.43. The first-order valence-corrected chi connectivity index (χ1v) is 10.2. The number of carbonyl (C=O) groups is 1. The number of carbonyl (C=O) groups excluding carboxylic acids is 1. The first kappa shape index (κ1) is 16.1. The number of nitrogens with zero attached hydrogens (tertiary/aromatic N) is 4. The van der Waals surface area contributed by atoms with Crippen LogP contribution in [-0.2, 0) is 4.79 Å². The molecule has 0 spiro atoms. The van der Waals surface area contributed by atoms with Gasteiger partial charge in [-0.3, -0.25) is 4.79 Å². The number of H-pyrrole nitrogens is 1. The highest BCUT2D eigenvalue weighted by Gasteiger charge is 2.38. The predicted molar refractivity (Wildman–Crippen MR) is 103 cm³/mol. The number of amides is 1. The van der Waals surface area contributed by atoms with Crippen molar-refractivity contribution in [2.24, 2.45) is 0 Å². The molecule has 5 rings (SSSR count). The van der Waals surface area contributed by atoms with E-state index in [0.29, 0.717) is 12.1 Å². The Kier molecular flexibility index (Phi) is 4.09. The van der Waals surface area contributed by atoms with Gasteiger partial charge in [-0.25, -0.2) is 9.97 Å². The average molecular weight is 370 g/mol. The standard InChI is InChI=1S/C18H22N6OS/c25-18(24-7-1-2-13-14(24)4-6-19-13)15-10-23(8-9-26-15)17-12-3-5-20-16(12)21-11-22-17/h3,5,10-11,13-14,19H,1-2,4,6-9H2,(H,20,21,22)/t13?,14-/m1/s1. The molecule has 0 radical (unpaired) electrons. The van der Waals surface area contributed by atoms with E-state index >= 15 is 0 Å². The molecular weight excluding hydrogens is 348 g/mol. The van der Waals surface area contributed by atoms with Crippen molar-refractivity contribution in [2.45, 2.75) is 31.3 Å². The normalized spacial score (nSPS) is 26.1. The van der Waals surface area contributed by atoms with Crippen LogP contribution in [0.15, 0.2) is 29.7 Å². The van der Waals surface area contributed by atoms with Crippen LogP contribution in [0.4, 0.5) is 5.82 Å². The Labute approximate surface area is 156 Å². The average Bonchev–Trinajstić information content (AvgIpc) is 3.36. The lowest BCUT2D eigenvalue weighted by Gasteiger charge is -2.38. The molecule has 0 aliphatic carbocycles. The van der Waals surface area contributed by atoms with Gasteiger partial charge in [0.1, 0.15) is 17.8 Å². The molecule has 3 aliphatic heterocycles. The van der Waals surface area contributed by atoms with E-state index in [1.165, 1.54) is 6.42 Å². The number of rotatable bonds is 2. The number of likely N-dealkylation sites (tertiary alicyclic amines) is 1. The number of nitrogens with one attached hydrogen (secondary N) is 2. The zero-order chi connectivity index (χ0) is 17.5. The molecule has 1 unspecified atom stereocenters. The molecule has 7 nitrogen and oxygen atoms in total. The number of fused-ring (bicyclic) bond motifs is 2. The Bertz CT molecular complexity index is 864. The zero-order valence-corrected chi connectivity index (χ0v) is 15.3. The number of hydrogen-bond acceptors (Lipinski definition) is 6. The van der Waals surface area contributed by atoms with E-state index in [2.05, 4.69) is 30.1 Å². The smallest absolute Gasteiger partial charge is 0.262 e. The zero-order valence-electron chi connectivity index (χ0n) is 14.5. The van der Waals surface area contributed by atoms with Gasteiger partial charge in [-0.2, -0.15) is 0 Å². The molecule has 5 heterocycles. The molecular formula is C18H22N6OS. The van der Waals surface area contributed by atoms with E-state index in [4.69, 9.17) is 0 Å². The molecule has 1 amide bonds. The molecule has 2 atom stereocenters. The Morgan fingerprint density at radius 3 is 3.19 bits per heavy atom. The van der Waals surface area contributed by atoms with E-state index in [1.54, 1.807) is 18.1 Å². The summed E-state index contributed by atoms with van der Waals surface area (Å²) >= 11 is 1.66. The van der Waals surface area contributed by atoms with Crippen LogP contribution >= 0.6 is 11.8 Å². The largest absolute Gasteiger partial charge is 0.346 e. The number of piperidine rings is 1. The Morgan fingerprint density at radius 1 is 1.27 bits per heavy atom. The lowest BCUT2D eigenvalue weighted by Crippen LogP contribution is -2.51. The minimum Gasteiger partial charge on any atom is -0.346 e. The van der Waals surface area contributed by atoms with Gasteiger partial charge in [0.15, 0.2) is 0 Å². The van der Waals surface area contributed by atoms with E-state index < -0.39 is 0 Å². The van der Waals surface area contributed by atoms with E-state index in [9.17, 15) is 4.79 Å². The number of thioether (sulfide) groups is 1. The van der Waals surface area contributed by atoms with Crippen molar-refractivity contribution in [1.82, 2.24) is 25.2 Å². The maximum Gasteiger partial charge on any atom is 0.262 e. The maximum atomic E-state index is 13.2. The fraction of sp³-hybridized carbons (Fsp3) is 0.500. The Morgan fingerprint density at radius 2 is 2.23 bits per heavy atom. The second-order valence-electron chi connectivity index (χ2n) is 7.03. The molecule has 2 aromatic heterocycles. The second kappa shape index (κ2) is 6.59. The van der Waals surface area contributed by atoms with Crippen molar-refractivity contribution >= 4 is 34.5 Å². The first-order chi connectivity index (χ1) is 12.8. The number of aromatic nitrogens is 3. The number of aromatic amines is 1. The van der Waals surface area contributed by atoms with Gasteiger partial charge in [-0.1, -0.05) is 0 Å². The van der Waals surface area contributed by atoms with E-state index in [-0.39, 0.29) is 5.91 Å². The summed E-state index contributed by atoms with van der Waals surface area (Å²) in [6, 6.07) is 2.81. The van der Waals surface area contributed by atoms with Gasteiger partial charge in [-0.15, -0.1) is 11.8 Å². The van der Waals surface area contributed by atoms with Crippen LogP contribution in [0.3, 0.4) is 0 Å². The van der Waals surface area contributed by atoms with Crippen LogP contribution in [0.2, 0.25) is 0 Å². The van der Waals surface area contributed by atoms with Gasteiger partial charge >= 0.3 is 0 Å². The van der Waals surface area contributed by atoms with Crippen molar-refractivity contribution in [3.63, 3.8) is 0 Å². The highest BCUT2D eigenvalue weighted by molar-refractivity contribution is 8.04. The van der Waals surface area contributed by atoms with Gasteiger partial charge in [0.25, 0.3) is 5.91 Å². The number of hydrogen-bond donors (Lipinski definition) is 2. The van der Waals surface area contributed by atoms with Gasteiger partial charge in [-0.05, 0) is 31.9 Å². The van der Waals surface area contributed by atoms with Crippen molar-refractivity contribution < 1.29 is 4.79 Å². The molecule has 26 heavy (non-hydrogen) atoms. The highest BCUT2D eigenvalue weighted by Crippen LogP contribution is 2.32. The highest BCUT2D eigenvalue weighted by atomic mass is 32.2. The molecule has 0 bridgehead atoms. The number of anilines is 1. The van der Waals surface area contributed by atoms with Crippen molar-refractivity contribution in [2.75, 3.05) is 30.3 Å². The summed E-state index contributed by atoms with van der Waals surface area (Å²) in [4.78, 5) is 30.1. The Hall–Kier alpha value is -2.06. The van der Waals surface area contributed by atoms with Crippen LogP contribution in [-0.4, -0.2) is 63.2 Å². The summed E-state index contributed by atoms with van der Waals surface area (Å²) < 4.78 is 0. The third-order valence-corrected chi connectivity index (χ3v) is 6.54. The molecule has 2 saturated heterocycles. The van der Waals surface area contributed by atoms with E-state index in [0.717, 1.165) is 60.0 Å². The van der Waals surface area contributed by atoms with Gasteiger partial charge in [0.05, 0.1) is 10.3 Å². The van der Waals surface area contributed by atoms with Crippen LogP contribution in [0.5, 0.6) is 0 Å². The van der Waals surface area contributed by atoms with Crippen molar-refractivity contribution in [1.29, 1.82) is 0 Å². The minimum atomic E-state index is 0.178. The first-order valence-electron chi connectivity index (χ1n) is 9.25. The third kappa shape index (κ3) is 2.68. The quantitative estimate of drug-likeness (QED) is 0.838. The monoisotopic (exact) mass is 370 g/mol. The molecule has 3 aliphatic rings. The molecule has 2 N–H and O–H groups in total. The molecule has 136 valence electrons. The fourth-order valence-electron chi connectivity index (χ4n) is 4.33.